The van der Waals surface area contributed by atoms with Gasteiger partial charge in [-0.1, -0.05) is 25.3 Å². The van der Waals surface area contributed by atoms with Gasteiger partial charge in [0.25, 0.3) is 5.91 Å². The average molecular weight is 282 g/mol. The fourth-order valence-corrected chi connectivity index (χ4v) is 3.02. The first-order valence-electron chi connectivity index (χ1n) is 6.83. The molecule has 1 aromatic rings. The molecule has 1 aliphatic rings. The summed E-state index contributed by atoms with van der Waals surface area (Å²) in [4.78, 5) is 13.0. The van der Waals surface area contributed by atoms with Crippen molar-refractivity contribution in [1.82, 2.24) is 20.2 Å². The van der Waals surface area contributed by atoms with Crippen molar-refractivity contribution in [2.24, 2.45) is 0 Å². The molecule has 6 heteroatoms. The molecule has 1 aromatic heterocycles. The van der Waals surface area contributed by atoms with Gasteiger partial charge >= 0.3 is 0 Å². The summed E-state index contributed by atoms with van der Waals surface area (Å²) >= 11 is 1.19. The molecule has 5 nitrogen and oxygen atoms in total. The molecule has 0 radical (unpaired) electrons. The number of nitrogens with one attached hydrogen (secondary N) is 2. The minimum Gasteiger partial charge on any atom is -0.348 e. The van der Waals surface area contributed by atoms with Crippen LogP contribution < -0.4 is 10.6 Å². The molecule has 0 spiro atoms. The van der Waals surface area contributed by atoms with Gasteiger partial charge in [-0.3, -0.25) is 4.79 Å². The van der Waals surface area contributed by atoms with Crippen molar-refractivity contribution in [2.45, 2.75) is 51.5 Å². The van der Waals surface area contributed by atoms with E-state index in [2.05, 4.69) is 41.0 Å². The molecule has 1 saturated heterocycles. The van der Waals surface area contributed by atoms with Crippen molar-refractivity contribution in [3.8, 4) is 0 Å². The van der Waals surface area contributed by atoms with Crippen LogP contribution in [-0.2, 0) is 5.41 Å². The molecule has 1 atom stereocenters. The topological polar surface area (TPSA) is 66.9 Å². The Bertz CT molecular complexity index is 430. The standard InChI is InChI=1S/C13H22N4OS/c1-13(2,3)11-10(19-17-16-11)12(18)15-9-5-4-7-14-8-6-9/h9,14H,4-8H2,1-3H3,(H,15,18). The van der Waals surface area contributed by atoms with Gasteiger partial charge in [0.2, 0.25) is 0 Å². The van der Waals surface area contributed by atoms with Crippen LogP contribution in [0.5, 0.6) is 0 Å². The third kappa shape index (κ3) is 3.73. The Morgan fingerprint density at radius 2 is 2.16 bits per heavy atom. The second kappa shape index (κ2) is 5.96. The first-order valence-corrected chi connectivity index (χ1v) is 7.60. The zero-order valence-corrected chi connectivity index (χ0v) is 12.6. The van der Waals surface area contributed by atoms with Gasteiger partial charge in [0.05, 0.1) is 5.69 Å². The smallest absolute Gasteiger partial charge is 0.265 e. The van der Waals surface area contributed by atoms with Crippen LogP contribution in [0.25, 0.3) is 0 Å². The maximum atomic E-state index is 12.4. The predicted molar refractivity (Wildman–Crippen MR) is 76.6 cm³/mol. The Morgan fingerprint density at radius 3 is 2.89 bits per heavy atom. The SMILES string of the molecule is CC(C)(C)c1nnsc1C(=O)NC1CCCNCC1. The number of hydrogen-bond donors (Lipinski definition) is 2. The summed E-state index contributed by atoms with van der Waals surface area (Å²) < 4.78 is 3.94. The van der Waals surface area contributed by atoms with Crippen molar-refractivity contribution in [3.05, 3.63) is 10.6 Å². The van der Waals surface area contributed by atoms with E-state index in [1.807, 2.05) is 0 Å². The monoisotopic (exact) mass is 282 g/mol. The lowest BCUT2D eigenvalue weighted by Crippen LogP contribution is -2.36. The molecule has 0 aliphatic carbocycles. The molecule has 1 amide bonds. The Kier molecular flexibility index (Phi) is 4.52. The van der Waals surface area contributed by atoms with E-state index in [0.29, 0.717) is 4.88 Å². The maximum absolute atomic E-state index is 12.4. The molecule has 19 heavy (non-hydrogen) atoms. The van der Waals surface area contributed by atoms with Crippen LogP contribution >= 0.6 is 11.5 Å². The Balaban J connectivity index is 2.05. The molecule has 0 bridgehead atoms. The third-order valence-corrected chi connectivity index (χ3v) is 4.04. The molecular formula is C13H22N4OS. The highest BCUT2D eigenvalue weighted by molar-refractivity contribution is 7.08. The van der Waals surface area contributed by atoms with E-state index in [1.165, 1.54) is 11.5 Å². The van der Waals surface area contributed by atoms with E-state index < -0.39 is 0 Å². The number of carbonyl (C=O) groups excluding carboxylic acids is 1. The summed E-state index contributed by atoms with van der Waals surface area (Å²) in [5.41, 5.74) is 0.645. The molecule has 2 N–H and O–H groups in total. The molecule has 2 rings (SSSR count). The van der Waals surface area contributed by atoms with Gasteiger partial charge in [0.15, 0.2) is 0 Å². The molecular weight excluding hydrogens is 260 g/mol. The van der Waals surface area contributed by atoms with Gasteiger partial charge in [-0.25, -0.2) is 0 Å². The van der Waals surface area contributed by atoms with Crippen molar-refractivity contribution in [3.63, 3.8) is 0 Å². The maximum Gasteiger partial charge on any atom is 0.265 e. The van der Waals surface area contributed by atoms with Crippen molar-refractivity contribution >= 4 is 17.4 Å². The number of rotatable bonds is 2. The normalized spacial score (nSPS) is 20.9. The first kappa shape index (κ1) is 14.4. The largest absolute Gasteiger partial charge is 0.348 e. The van der Waals surface area contributed by atoms with Crippen molar-refractivity contribution < 1.29 is 4.79 Å². The number of amides is 1. The van der Waals surface area contributed by atoms with E-state index in [4.69, 9.17) is 0 Å². The summed E-state index contributed by atoms with van der Waals surface area (Å²) in [6, 6.07) is 0.261. The highest BCUT2D eigenvalue weighted by Crippen LogP contribution is 2.25. The molecule has 0 saturated carbocycles. The quantitative estimate of drug-likeness (QED) is 0.866. The van der Waals surface area contributed by atoms with Crippen LogP contribution in [0.1, 0.15) is 55.4 Å². The number of aromatic nitrogens is 2. The van der Waals surface area contributed by atoms with Gasteiger partial charge < -0.3 is 10.6 Å². The Hall–Kier alpha value is -1.01. The van der Waals surface area contributed by atoms with Crippen LogP contribution in [-0.4, -0.2) is 34.6 Å². The lowest BCUT2D eigenvalue weighted by molar-refractivity contribution is 0.0936. The third-order valence-electron chi connectivity index (χ3n) is 3.32. The molecule has 1 fully saturated rings. The number of carbonyl (C=O) groups is 1. The van der Waals surface area contributed by atoms with E-state index in [9.17, 15) is 4.79 Å². The number of hydrogen-bond acceptors (Lipinski definition) is 5. The van der Waals surface area contributed by atoms with Crippen LogP contribution in [0, 0.1) is 0 Å². The van der Waals surface area contributed by atoms with Gasteiger partial charge in [-0.2, -0.15) is 0 Å². The lowest BCUT2D eigenvalue weighted by atomic mass is 9.91. The summed E-state index contributed by atoms with van der Waals surface area (Å²) in [6.07, 6.45) is 3.14. The van der Waals surface area contributed by atoms with E-state index in [-0.39, 0.29) is 17.4 Å². The molecule has 1 unspecified atom stereocenters. The zero-order valence-electron chi connectivity index (χ0n) is 11.8. The van der Waals surface area contributed by atoms with Crippen molar-refractivity contribution in [2.75, 3.05) is 13.1 Å². The number of nitrogens with zero attached hydrogens (tertiary/aromatic N) is 2. The zero-order chi connectivity index (χ0) is 13.9. The summed E-state index contributed by atoms with van der Waals surface area (Å²) in [6.45, 7) is 8.17. The Labute approximate surface area is 118 Å². The van der Waals surface area contributed by atoms with E-state index in [1.54, 1.807) is 0 Å². The van der Waals surface area contributed by atoms with E-state index in [0.717, 1.165) is 38.0 Å². The fraction of sp³-hybridized carbons (Fsp3) is 0.769. The van der Waals surface area contributed by atoms with Crippen LogP contribution in [0.2, 0.25) is 0 Å². The second-order valence-corrected chi connectivity index (χ2v) is 6.81. The molecule has 2 heterocycles. The van der Waals surface area contributed by atoms with Crippen LogP contribution in [0.3, 0.4) is 0 Å². The first-order chi connectivity index (χ1) is 8.98. The van der Waals surface area contributed by atoms with Gasteiger partial charge in [0, 0.05) is 11.5 Å². The summed E-state index contributed by atoms with van der Waals surface area (Å²) in [5.74, 6) is -0.0215. The van der Waals surface area contributed by atoms with Crippen LogP contribution in [0.4, 0.5) is 0 Å². The van der Waals surface area contributed by atoms with Gasteiger partial charge in [-0.05, 0) is 43.9 Å². The van der Waals surface area contributed by atoms with Crippen LogP contribution in [0.15, 0.2) is 0 Å². The summed E-state index contributed by atoms with van der Waals surface area (Å²) in [5, 5.41) is 10.6. The summed E-state index contributed by atoms with van der Waals surface area (Å²) in [7, 11) is 0. The minimum atomic E-state index is -0.148. The lowest BCUT2D eigenvalue weighted by Gasteiger charge is -2.19. The van der Waals surface area contributed by atoms with Gasteiger partial charge in [0.1, 0.15) is 4.88 Å². The highest BCUT2D eigenvalue weighted by atomic mass is 32.1. The molecule has 1 aliphatic heterocycles. The Morgan fingerprint density at radius 1 is 1.37 bits per heavy atom. The second-order valence-electron chi connectivity index (χ2n) is 6.05. The van der Waals surface area contributed by atoms with Crippen molar-refractivity contribution in [1.29, 1.82) is 0 Å². The van der Waals surface area contributed by atoms with E-state index >= 15 is 0 Å². The molecule has 106 valence electrons. The average Bonchev–Trinajstić information content (AvgIpc) is 2.70. The van der Waals surface area contributed by atoms with Gasteiger partial charge in [-0.15, -0.1) is 5.10 Å². The molecule has 0 aromatic carbocycles. The predicted octanol–water partition coefficient (Wildman–Crippen LogP) is 1.71. The fourth-order valence-electron chi connectivity index (χ4n) is 2.24. The highest BCUT2D eigenvalue weighted by Gasteiger charge is 2.27. The minimum absolute atomic E-state index is 0.0215.